The van der Waals surface area contributed by atoms with Gasteiger partial charge in [0.1, 0.15) is 11.5 Å². The first-order valence-electron chi connectivity index (χ1n) is 10.5. The van der Waals surface area contributed by atoms with Crippen LogP contribution in [-0.4, -0.2) is 68.5 Å². The summed E-state index contributed by atoms with van der Waals surface area (Å²) in [6.45, 7) is 6.99. The first kappa shape index (κ1) is 26.8. The van der Waals surface area contributed by atoms with Gasteiger partial charge in [0.05, 0.1) is 19.9 Å². The Bertz CT molecular complexity index is 775. The summed E-state index contributed by atoms with van der Waals surface area (Å²) in [5, 5.41) is 3.40. The fourth-order valence-electron chi connectivity index (χ4n) is 3.10. The third-order valence-corrected chi connectivity index (χ3v) is 4.91. The Labute approximate surface area is 202 Å². The van der Waals surface area contributed by atoms with Crippen LogP contribution in [0.5, 0.6) is 5.75 Å². The monoisotopic (exact) mass is 542 g/mol. The smallest absolute Gasteiger partial charge is 0.242 e. The zero-order valence-corrected chi connectivity index (χ0v) is 21.3. The average Bonchev–Trinajstić information content (AvgIpc) is 3.27. The molecule has 1 heterocycles. The third kappa shape index (κ3) is 9.20. The van der Waals surface area contributed by atoms with Gasteiger partial charge in [0.25, 0.3) is 0 Å². The van der Waals surface area contributed by atoms with Gasteiger partial charge in [-0.15, -0.1) is 24.0 Å². The summed E-state index contributed by atoms with van der Waals surface area (Å²) in [5.41, 5.74) is 1.21. The molecule has 2 aromatic rings. The number of hydrogen-bond donors (Lipinski definition) is 1. The van der Waals surface area contributed by atoms with Crippen LogP contribution in [0.1, 0.15) is 25.2 Å². The molecule has 0 spiro atoms. The largest absolute Gasteiger partial charge is 0.497 e. The van der Waals surface area contributed by atoms with Gasteiger partial charge in [-0.3, -0.25) is 9.79 Å². The van der Waals surface area contributed by atoms with E-state index in [1.807, 2.05) is 55.0 Å². The second kappa shape index (κ2) is 14.7. The van der Waals surface area contributed by atoms with Gasteiger partial charge in [0, 0.05) is 39.6 Å². The van der Waals surface area contributed by atoms with Crippen molar-refractivity contribution in [3.8, 4) is 5.75 Å². The van der Waals surface area contributed by atoms with Crippen LogP contribution in [0.3, 0.4) is 0 Å². The van der Waals surface area contributed by atoms with Crippen LogP contribution in [0.15, 0.2) is 52.1 Å². The van der Waals surface area contributed by atoms with Crippen molar-refractivity contribution in [1.82, 2.24) is 15.1 Å². The number of likely N-dealkylation sites (N-methyl/N-ethyl adjacent to an activating group) is 2. The normalized spacial score (nSPS) is 10.9. The first-order valence-corrected chi connectivity index (χ1v) is 10.5. The van der Waals surface area contributed by atoms with Gasteiger partial charge >= 0.3 is 0 Å². The molecule has 0 aliphatic carbocycles. The van der Waals surface area contributed by atoms with E-state index in [9.17, 15) is 4.79 Å². The molecule has 1 aromatic carbocycles. The van der Waals surface area contributed by atoms with Gasteiger partial charge in [-0.1, -0.05) is 12.1 Å². The van der Waals surface area contributed by atoms with Crippen LogP contribution < -0.4 is 10.1 Å². The van der Waals surface area contributed by atoms with Crippen molar-refractivity contribution in [2.24, 2.45) is 4.99 Å². The molecule has 172 valence electrons. The molecule has 8 heteroatoms. The fourth-order valence-corrected chi connectivity index (χ4v) is 3.10. The topological polar surface area (TPSA) is 70.3 Å². The van der Waals surface area contributed by atoms with Crippen LogP contribution in [0, 0.1) is 0 Å². The average molecular weight is 542 g/mol. The van der Waals surface area contributed by atoms with E-state index >= 15 is 0 Å². The van der Waals surface area contributed by atoms with Crippen LogP contribution in [0.4, 0.5) is 0 Å². The van der Waals surface area contributed by atoms with E-state index in [4.69, 9.17) is 14.1 Å². The Balaban J connectivity index is 0.00000480. The van der Waals surface area contributed by atoms with Crippen molar-refractivity contribution in [3.63, 3.8) is 0 Å². The quantitative estimate of drug-likeness (QED) is 0.268. The summed E-state index contributed by atoms with van der Waals surface area (Å²) in [5.74, 6) is 2.56. The minimum Gasteiger partial charge on any atom is -0.497 e. The number of amides is 1. The molecule has 1 aromatic heterocycles. The summed E-state index contributed by atoms with van der Waals surface area (Å²) < 4.78 is 10.6. The Hall–Kier alpha value is -2.23. The number of ether oxygens (including phenoxy) is 1. The highest BCUT2D eigenvalue weighted by Gasteiger charge is 2.15. The van der Waals surface area contributed by atoms with Crippen LogP contribution in [0.25, 0.3) is 0 Å². The van der Waals surface area contributed by atoms with Crippen molar-refractivity contribution in [1.29, 1.82) is 0 Å². The number of furan rings is 1. The van der Waals surface area contributed by atoms with Gasteiger partial charge in [-0.25, -0.2) is 0 Å². The van der Waals surface area contributed by atoms with E-state index < -0.39 is 0 Å². The van der Waals surface area contributed by atoms with Gasteiger partial charge in [0.2, 0.25) is 5.91 Å². The van der Waals surface area contributed by atoms with E-state index in [0.29, 0.717) is 26.1 Å². The molecular formula is C23H35IN4O3. The van der Waals surface area contributed by atoms with E-state index in [1.165, 1.54) is 5.56 Å². The Morgan fingerprint density at radius 1 is 1.13 bits per heavy atom. The van der Waals surface area contributed by atoms with Crippen molar-refractivity contribution in [2.45, 2.75) is 26.7 Å². The number of nitrogens with zero attached hydrogens (tertiary/aromatic N) is 3. The summed E-state index contributed by atoms with van der Waals surface area (Å²) in [6.07, 6.45) is 3.23. The highest BCUT2D eigenvalue weighted by Crippen LogP contribution is 2.11. The molecule has 1 amide bonds. The van der Waals surface area contributed by atoms with Crippen molar-refractivity contribution < 1.29 is 13.9 Å². The van der Waals surface area contributed by atoms with E-state index in [1.54, 1.807) is 13.4 Å². The number of guanidine groups is 1. The van der Waals surface area contributed by atoms with Crippen molar-refractivity contribution in [3.05, 3.63) is 54.0 Å². The van der Waals surface area contributed by atoms with Crippen LogP contribution >= 0.6 is 24.0 Å². The number of rotatable bonds is 11. The molecule has 0 atom stereocenters. The fraction of sp³-hybridized carbons (Fsp3) is 0.478. The standard InChI is InChI=1S/C23H34N4O3.HI/c1-5-27(6-2)22(28)18-26(3)23(25-16-14-21-8-7-17-30-21)24-15-13-19-9-11-20(29-4)12-10-19;/h7-12,17H,5-6,13-16,18H2,1-4H3,(H,24,25);1H. The van der Waals surface area contributed by atoms with Gasteiger partial charge < -0.3 is 24.3 Å². The zero-order chi connectivity index (χ0) is 21.8. The zero-order valence-electron chi connectivity index (χ0n) is 19.0. The molecule has 0 saturated heterocycles. The minimum atomic E-state index is 0. The van der Waals surface area contributed by atoms with Crippen LogP contribution in [-0.2, 0) is 17.6 Å². The maximum atomic E-state index is 12.5. The molecule has 31 heavy (non-hydrogen) atoms. The maximum Gasteiger partial charge on any atom is 0.242 e. The number of nitrogens with one attached hydrogen (secondary N) is 1. The molecule has 0 fully saturated rings. The molecular weight excluding hydrogens is 507 g/mol. The number of carbonyl (C=O) groups excluding carboxylic acids is 1. The molecule has 0 bridgehead atoms. The van der Waals surface area contributed by atoms with Gasteiger partial charge in [-0.05, 0) is 50.1 Å². The molecule has 7 nitrogen and oxygen atoms in total. The lowest BCUT2D eigenvalue weighted by molar-refractivity contribution is -0.131. The number of hydrogen-bond acceptors (Lipinski definition) is 4. The SMILES string of the molecule is CCN(CC)C(=O)CN(C)C(=NCCc1ccco1)NCCc1ccc(OC)cc1.I. The summed E-state index contributed by atoms with van der Waals surface area (Å²) in [7, 11) is 3.56. The predicted molar refractivity (Wildman–Crippen MR) is 135 cm³/mol. The van der Waals surface area contributed by atoms with E-state index in [0.717, 1.165) is 30.4 Å². The number of carbonyl (C=O) groups is 1. The number of halogens is 1. The summed E-state index contributed by atoms with van der Waals surface area (Å²) in [4.78, 5) is 20.9. The number of aliphatic imine (C=N–C) groups is 1. The van der Waals surface area contributed by atoms with Crippen molar-refractivity contribution in [2.75, 3.05) is 46.9 Å². The maximum absolute atomic E-state index is 12.5. The lowest BCUT2D eigenvalue weighted by Gasteiger charge is -2.26. The second-order valence-electron chi connectivity index (χ2n) is 6.98. The second-order valence-corrected chi connectivity index (χ2v) is 6.98. The molecule has 1 N–H and O–H groups in total. The molecule has 0 aliphatic rings. The summed E-state index contributed by atoms with van der Waals surface area (Å²) >= 11 is 0. The van der Waals surface area contributed by atoms with E-state index in [2.05, 4.69) is 17.4 Å². The number of benzene rings is 1. The Morgan fingerprint density at radius 2 is 1.84 bits per heavy atom. The lowest BCUT2D eigenvalue weighted by Crippen LogP contribution is -2.46. The lowest BCUT2D eigenvalue weighted by atomic mass is 10.1. The van der Waals surface area contributed by atoms with Gasteiger partial charge in [-0.2, -0.15) is 0 Å². The molecule has 0 unspecified atom stereocenters. The predicted octanol–water partition coefficient (Wildman–Crippen LogP) is 3.44. The third-order valence-electron chi connectivity index (χ3n) is 4.91. The number of methoxy groups -OCH3 is 1. The van der Waals surface area contributed by atoms with Crippen molar-refractivity contribution >= 4 is 35.8 Å². The van der Waals surface area contributed by atoms with Gasteiger partial charge in [0.15, 0.2) is 5.96 Å². The highest BCUT2D eigenvalue weighted by molar-refractivity contribution is 14.0. The first-order chi connectivity index (χ1) is 14.6. The molecule has 0 aliphatic heterocycles. The van der Waals surface area contributed by atoms with E-state index in [-0.39, 0.29) is 36.4 Å². The summed E-state index contributed by atoms with van der Waals surface area (Å²) in [6, 6.07) is 11.9. The highest BCUT2D eigenvalue weighted by atomic mass is 127. The Morgan fingerprint density at radius 3 is 2.42 bits per heavy atom. The van der Waals surface area contributed by atoms with Crippen LogP contribution in [0.2, 0.25) is 0 Å². The molecule has 0 radical (unpaired) electrons. The Kier molecular flexibility index (Phi) is 12.7. The molecule has 2 rings (SSSR count). The molecule has 0 saturated carbocycles. The minimum absolute atomic E-state index is 0.